The van der Waals surface area contributed by atoms with Gasteiger partial charge in [-0.15, -0.1) is 23.1 Å². The Balaban J connectivity index is 1.78. The van der Waals surface area contributed by atoms with E-state index in [2.05, 4.69) is 20.0 Å². The van der Waals surface area contributed by atoms with Crippen LogP contribution < -0.4 is 10.0 Å². The number of nitrogens with one attached hydrogen (secondary N) is 2. The van der Waals surface area contributed by atoms with Gasteiger partial charge in [0.15, 0.2) is 5.13 Å². The fraction of sp³-hybridized carbons (Fsp3) is 0.0667. The molecule has 124 valence electrons. The third-order valence-corrected chi connectivity index (χ3v) is 5.90. The Bertz CT molecular complexity index is 927. The third kappa shape index (κ3) is 4.05. The van der Waals surface area contributed by atoms with Gasteiger partial charge < -0.3 is 5.32 Å². The number of benzene rings is 1. The molecule has 0 aliphatic heterocycles. The molecule has 0 spiro atoms. The predicted molar refractivity (Wildman–Crippen MR) is 98.7 cm³/mol. The van der Waals surface area contributed by atoms with Crippen molar-refractivity contribution in [2.75, 3.05) is 16.3 Å². The molecule has 0 saturated heterocycles. The van der Waals surface area contributed by atoms with E-state index < -0.39 is 10.0 Å². The number of thioether (sulfide) groups is 1. The summed E-state index contributed by atoms with van der Waals surface area (Å²) in [5.41, 5.74) is 0.706. The van der Waals surface area contributed by atoms with Crippen molar-refractivity contribution in [1.82, 2.24) is 9.97 Å². The summed E-state index contributed by atoms with van der Waals surface area (Å²) in [6.45, 7) is 0. The molecule has 0 amide bonds. The summed E-state index contributed by atoms with van der Waals surface area (Å²) in [5.74, 6) is 0.241. The highest BCUT2D eigenvalue weighted by atomic mass is 32.2. The van der Waals surface area contributed by atoms with Crippen molar-refractivity contribution in [2.45, 2.75) is 9.92 Å². The van der Waals surface area contributed by atoms with Crippen molar-refractivity contribution in [2.24, 2.45) is 0 Å². The Labute approximate surface area is 148 Å². The summed E-state index contributed by atoms with van der Waals surface area (Å²) in [4.78, 5) is 8.64. The number of pyridine rings is 1. The topological polar surface area (TPSA) is 84.0 Å². The summed E-state index contributed by atoms with van der Waals surface area (Å²) in [5, 5.41) is 6.77. The second kappa shape index (κ2) is 7.20. The molecular weight excluding hydrogens is 364 g/mol. The summed E-state index contributed by atoms with van der Waals surface area (Å²) in [7, 11) is -3.66. The van der Waals surface area contributed by atoms with E-state index in [1.807, 2.05) is 11.6 Å². The Hall–Kier alpha value is -2.10. The summed E-state index contributed by atoms with van der Waals surface area (Å²) in [6, 6.07) is 11.5. The normalized spacial score (nSPS) is 11.2. The zero-order chi connectivity index (χ0) is 17.0. The molecule has 0 fully saturated rings. The van der Waals surface area contributed by atoms with E-state index in [4.69, 9.17) is 0 Å². The molecule has 2 N–H and O–H groups in total. The minimum Gasteiger partial charge on any atom is -0.331 e. The Morgan fingerprint density at radius 2 is 1.96 bits per heavy atom. The van der Waals surface area contributed by atoms with Gasteiger partial charge in [0.1, 0.15) is 10.8 Å². The molecule has 0 aliphatic rings. The second-order valence-electron chi connectivity index (χ2n) is 4.67. The van der Waals surface area contributed by atoms with Gasteiger partial charge >= 0.3 is 0 Å². The zero-order valence-corrected chi connectivity index (χ0v) is 15.1. The highest BCUT2D eigenvalue weighted by molar-refractivity contribution is 7.98. The average molecular weight is 379 g/mol. The number of rotatable bonds is 6. The van der Waals surface area contributed by atoms with E-state index in [0.717, 1.165) is 10.2 Å². The molecule has 0 bridgehead atoms. The van der Waals surface area contributed by atoms with Crippen molar-refractivity contribution in [3.8, 4) is 0 Å². The van der Waals surface area contributed by atoms with Crippen molar-refractivity contribution >= 4 is 49.8 Å². The number of hydrogen-bond acceptors (Lipinski definition) is 7. The minimum absolute atomic E-state index is 0.190. The van der Waals surface area contributed by atoms with E-state index in [0.29, 0.717) is 5.69 Å². The van der Waals surface area contributed by atoms with Gasteiger partial charge in [-0.1, -0.05) is 18.2 Å². The lowest BCUT2D eigenvalue weighted by Gasteiger charge is -2.09. The van der Waals surface area contributed by atoms with Crippen molar-refractivity contribution in [1.29, 1.82) is 0 Å². The zero-order valence-electron chi connectivity index (χ0n) is 12.6. The Morgan fingerprint density at radius 1 is 1.17 bits per heavy atom. The minimum atomic E-state index is -3.66. The van der Waals surface area contributed by atoms with Crippen molar-refractivity contribution in [3.05, 3.63) is 54.0 Å². The molecule has 24 heavy (non-hydrogen) atoms. The maximum atomic E-state index is 12.3. The van der Waals surface area contributed by atoms with Crippen LogP contribution in [0.2, 0.25) is 0 Å². The van der Waals surface area contributed by atoms with E-state index in [1.165, 1.54) is 29.7 Å². The standard InChI is InChI=1S/C15H14N4O2S3/c1-22-14-10-23-15(18-14)17-11-7-8-16-13(9-11)19-24(20,21)12-5-3-2-4-6-12/h2-10H,1H3,(H2,16,17,18,19). The second-order valence-corrected chi connectivity index (χ2v) is 8.04. The fourth-order valence-corrected chi connectivity index (χ4v) is 4.28. The van der Waals surface area contributed by atoms with Gasteiger partial charge in [-0.05, 0) is 24.5 Å². The molecule has 9 heteroatoms. The molecule has 6 nitrogen and oxygen atoms in total. The maximum absolute atomic E-state index is 12.3. The van der Waals surface area contributed by atoms with E-state index in [1.54, 1.807) is 42.1 Å². The van der Waals surface area contributed by atoms with Crippen LogP contribution in [0.25, 0.3) is 0 Å². The monoisotopic (exact) mass is 378 g/mol. The molecule has 0 unspecified atom stereocenters. The molecule has 3 rings (SSSR count). The molecule has 0 aliphatic carbocycles. The average Bonchev–Trinajstić information content (AvgIpc) is 3.03. The van der Waals surface area contributed by atoms with Gasteiger partial charge in [0.2, 0.25) is 0 Å². The molecule has 0 saturated carbocycles. The third-order valence-electron chi connectivity index (χ3n) is 3.00. The van der Waals surface area contributed by atoms with Crippen LogP contribution >= 0.6 is 23.1 Å². The highest BCUT2D eigenvalue weighted by Gasteiger charge is 2.14. The van der Waals surface area contributed by atoms with Gasteiger partial charge in [0.25, 0.3) is 10.0 Å². The highest BCUT2D eigenvalue weighted by Crippen LogP contribution is 2.26. The number of hydrogen-bond donors (Lipinski definition) is 2. The van der Waals surface area contributed by atoms with E-state index in [9.17, 15) is 8.42 Å². The van der Waals surface area contributed by atoms with Gasteiger partial charge in [0.05, 0.1) is 4.90 Å². The number of thiazole rings is 1. The summed E-state index contributed by atoms with van der Waals surface area (Å²) >= 11 is 3.05. The van der Waals surface area contributed by atoms with E-state index in [-0.39, 0.29) is 10.7 Å². The first-order valence-electron chi connectivity index (χ1n) is 6.87. The Kier molecular flexibility index (Phi) is 5.03. The molecule has 0 atom stereocenters. The molecule has 1 aromatic carbocycles. The van der Waals surface area contributed by atoms with Crippen LogP contribution in [0.1, 0.15) is 0 Å². The van der Waals surface area contributed by atoms with Crippen molar-refractivity contribution in [3.63, 3.8) is 0 Å². The van der Waals surface area contributed by atoms with Gasteiger partial charge in [0, 0.05) is 23.3 Å². The van der Waals surface area contributed by atoms with Crippen LogP contribution in [0.15, 0.2) is 64.0 Å². The van der Waals surface area contributed by atoms with Crippen LogP contribution in [-0.4, -0.2) is 24.6 Å². The van der Waals surface area contributed by atoms with Gasteiger partial charge in [-0.2, -0.15) is 0 Å². The lowest BCUT2D eigenvalue weighted by Crippen LogP contribution is -2.13. The quantitative estimate of drug-likeness (QED) is 0.635. The maximum Gasteiger partial charge on any atom is 0.263 e. The summed E-state index contributed by atoms with van der Waals surface area (Å²) in [6.07, 6.45) is 3.50. The molecular formula is C15H14N4O2S3. The first kappa shape index (κ1) is 16.7. The number of nitrogens with zero attached hydrogens (tertiary/aromatic N) is 2. The van der Waals surface area contributed by atoms with Crippen LogP contribution in [0.3, 0.4) is 0 Å². The van der Waals surface area contributed by atoms with E-state index >= 15 is 0 Å². The largest absolute Gasteiger partial charge is 0.331 e. The number of anilines is 3. The lowest BCUT2D eigenvalue weighted by atomic mass is 10.4. The fourth-order valence-electron chi connectivity index (χ4n) is 1.89. The van der Waals surface area contributed by atoms with Crippen LogP contribution in [-0.2, 0) is 10.0 Å². The van der Waals surface area contributed by atoms with Gasteiger partial charge in [-0.25, -0.2) is 18.4 Å². The number of aromatic nitrogens is 2. The first-order chi connectivity index (χ1) is 11.6. The predicted octanol–water partition coefficient (Wildman–Crippen LogP) is 3.80. The van der Waals surface area contributed by atoms with Crippen LogP contribution in [0.5, 0.6) is 0 Å². The lowest BCUT2D eigenvalue weighted by molar-refractivity contribution is 0.601. The molecule has 0 radical (unpaired) electrons. The van der Waals surface area contributed by atoms with Crippen LogP contribution in [0, 0.1) is 0 Å². The first-order valence-corrected chi connectivity index (χ1v) is 10.5. The molecule has 2 heterocycles. The number of sulfonamides is 1. The SMILES string of the molecule is CSc1csc(Nc2ccnc(NS(=O)(=O)c3ccccc3)c2)n1. The summed E-state index contributed by atoms with van der Waals surface area (Å²) < 4.78 is 27.1. The van der Waals surface area contributed by atoms with Crippen LogP contribution in [0.4, 0.5) is 16.6 Å². The molecule has 3 aromatic rings. The van der Waals surface area contributed by atoms with Crippen molar-refractivity contribution < 1.29 is 8.42 Å². The Morgan fingerprint density at radius 3 is 2.67 bits per heavy atom. The van der Waals surface area contributed by atoms with Gasteiger partial charge in [-0.3, -0.25) is 4.72 Å². The smallest absolute Gasteiger partial charge is 0.263 e. The molecule has 2 aromatic heterocycles.